The predicted molar refractivity (Wildman–Crippen MR) is 101 cm³/mol. The normalized spacial score (nSPS) is 19.0. The number of imide groups is 1. The molecule has 0 spiro atoms. The van der Waals surface area contributed by atoms with Crippen molar-refractivity contribution in [2.45, 2.75) is 39.2 Å². The van der Waals surface area contributed by atoms with Gasteiger partial charge < -0.3 is 15.4 Å². The van der Waals surface area contributed by atoms with Crippen LogP contribution in [0.1, 0.15) is 33.6 Å². The fourth-order valence-corrected chi connectivity index (χ4v) is 2.87. The fraction of sp³-hybridized carbons (Fsp3) is 0.500. The van der Waals surface area contributed by atoms with Gasteiger partial charge in [0.25, 0.3) is 11.6 Å². The van der Waals surface area contributed by atoms with Gasteiger partial charge in [-0.1, -0.05) is 13.8 Å². The summed E-state index contributed by atoms with van der Waals surface area (Å²) < 4.78 is 4.94. The molecule has 1 fully saturated rings. The Labute approximate surface area is 162 Å². The van der Waals surface area contributed by atoms with E-state index in [1.54, 1.807) is 6.92 Å². The van der Waals surface area contributed by atoms with Gasteiger partial charge in [-0.3, -0.25) is 24.6 Å². The highest BCUT2D eigenvalue weighted by molar-refractivity contribution is 6.10. The van der Waals surface area contributed by atoms with E-state index in [0.717, 1.165) is 11.3 Å². The number of ether oxygens (including phenoxy) is 1. The van der Waals surface area contributed by atoms with Crippen LogP contribution in [0.3, 0.4) is 0 Å². The summed E-state index contributed by atoms with van der Waals surface area (Å²) in [5.41, 5.74) is -1.47. The van der Waals surface area contributed by atoms with Crippen molar-refractivity contribution in [2.75, 3.05) is 19.0 Å². The molecular formula is C18H24N4O6. The van der Waals surface area contributed by atoms with Crippen LogP contribution in [0, 0.1) is 16.0 Å². The number of hydrogen-bond acceptors (Lipinski definition) is 6. The highest BCUT2D eigenvalue weighted by Crippen LogP contribution is 2.29. The highest BCUT2D eigenvalue weighted by Gasteiger charge is 2.47. The average molecular weight is 392 g/mol. The predicted octanol–water partition coefficient (Wildman–Crippen LogP) is 2.29. The number of nitro benzene ring substituents is 1. The minimum Gasteiger partial charge on any atom is -0.496 e. The highest BCUT2D eigenvalue weighted by atomic mass is 16.6. The minimum atomic E-state index is -1.06. The molecule has 1 aliphatic rings. The van der Waals surface area contributed by atoms with Crippen LogP contribution >= 0.6 is 0 Å². The zero-order chi connectivity index (χ0) is 21.1. The van der Waals surface area contributed by atoms with Crippen molar-refractivity contribution in [1.29, 1.82) is 0 Å². The number of hydrogen-bond donors (Lipinski definition) is 2. The third-order valence-electron chi connectivity index (χ3n) is 4.54. The van der Waals surface area contributed by atoms with E-state index in [-0.39, 0.29) is 17.1 Å². The van der Waals surface area contributed by atoms with Gasteiger partial charge in [-0.25, -0.2) is 4.79 Å². The van der Waals surface area contributed by atoms with E-state index in [1.165, 1.54) is 25.3 Å². The first-order valence-corrected chi connectivity index (χ1v) is 8.84. The number of nitrogens with zero attached hydrogens (tertiary/aromatic N) is 2. The summed E-state index contributed by atoms with van der Waals surface area (Å²) in [5, 5.41) is 16.2. The van der Waals surface area contributed by atoms with Gasteiger partial charge in [-0.2, -0.15) is 0 Å². The number of urea groups is 1. The molecule has 0 bridgehead atoms. The summed E-state index contributed by atoms with van der Waals surface area (Å²) in [5.74, 6) is -0.586. The van der Waals surface area contributed by atoms with E-state index in [0.29, 0.717) is 12.3 Å². The number of benzene rings is 1. The molecule has 0 aromatic heterocycles. The average Bonchev–Trinajstić information content (AvgIpc) is 2.83. The second-order valence-electron chi connectivity index (χ2n) is 7.27. The van der Waals surface area contributed by atoms with Crippen LogP contribution in [0.4, 0.5) is 16.2 Å². The monoisotopic (exact) mass is 392 g/mol. The number of rotatable bonds is 8. The summed E-state index contributed by atoms with van der Waals surface area (Å²) in [6.07, 6.45) is 1.19. The topological polar surface area (TPSA) is 131 Å². The van der Waals surface area contributed by atoms with Crippen LogP contribution in [0.2, 0.25) is 0 Å². The minimum absolute atomic E-state index is 0.0505. The molecule has 10 heteroatoms. The van der Waals surface area contributed by atoms with E-state index in [1.807, 2.05) is 13.8 Å². The zero-order valence-corrected chi connectivity index (χ0v) is 16.3. The van der Waals surface area contributed by atoms with Crippen molar-refractivity contribution in [2.24, 2.45) is 5.92 Å². The Morgan fingerprint density at radius 3 is 2.64 bits per heavy atom. The van der Waals surface area contributed by atoms with Gasteiger partial charge in [0.1, 0.15) is 23.5 Å². The largest absolute Gasteiger partial charge is 0.496 e. The number of carbonyl (C=O) groups is 3. The van der Waals surface area contributed by atoms with Crippen LogP contribution in [0.25, 0.3) is 0 Å². The summed E-state index contributed by atoms with van der Waals surface area (Å²) in [4.78, 5) is 48.5. The Morgan fingerprint density at radius 2 is 2.07 bits per heavy atom. The summed E-state index contributed by atoms with van der Waals surface area (Å²) in [6.45, 7) is 5.11. The maximum Gasteiger partial charge on any atom is 0.325 e. The zero-order valence-electron chi connectivity index (χ0n) is 16.3. The van der Waals surface area contributed by atoms with Gasteiger partial charge in [-0.15, -0.1) is 0 Å². The summed E-state index contributed by atoms with van der Waals surface area (Å²) >= 11 is 0. The molecule has 1 aromatic rings. The number of carbonyl (C=O) groups excluding carboxylic acids is 3. The van der Waals surface area contributed by atoms with Gasteiger partial charge in [0.15, 0.2) is 0 Å². The number of methoxy groups -OCH3 is 1. The van der Waals surface area contributed by atoms with E-state index in [9.17, 15) is 24.5 Å². The van der Waals surface area contributed by atoms with Crippen LogP contribution in [-0.2, 0) is 9.59 Å². The second-order valence-corrected chi connectivity index (χ2v) is 7.27. The third-order valence-corrected chi connectivity index (χ3v) is 4.54. The van der Waals surface area contributed by atoms with Crippen LogP contribution in [0.15, 0.2) is 18.2 Å². The Balaban J connectivity index is 2.10. The fourth-order valence-electron chi connectivity index (χ4n) is 2.87. The first-order chi connectivity index (χ1) is 13.1. The van der Waals surface area contributed by atoms with E-state index in [2.05, 4.69) is 10.6 Å². The number of anilines is 1. The standard InChI is InChI=1S/C18H24N4O6/c1-11(2)7-8-18(3)16(24)21(17(25)20-18)10-15(23)19-13-6-5-12(28-4)9-14(13)22(26)27/h5-6,9,11H,7-8,10H2,1-4H3,(H,19,23)(H,20,25). The van der Waals surface area contributed by atoms with Crippen LogP contribution < -0.4 is 15.4 Å². The lowest BCUT2D eigenvalue weighted by molar-refractivity contribution is -0.384. The van der Waals surface area contributed by atoms with Crippen LogP contribution in [0.5, 0.6) is 5.75 Å². The van der Waals surface area contributed by atoms with Crippen molar-refractivity contribution in [3.05, 3.63) is 28.3 Å². The Kier molecular flexibility index (Phi) is 6.22. The maximum atomic E-state index is 12.6. The molecule has 0 saturated carbocycles. The van der Waals surface area contributed by atoms with E-state index in [4.69, 9.17) is 4.74 Å². The van der Waals surface area contributed by atoms with Gasteiger partial charge in [0.2, 0.25) is 5.91 Å². The van der Waals surface area contributed by atoms with Gasteiger partial charge >= 0.3 is 6.03 Å². The maximum absolute atomic E-state index is 12.6. The SMILES string of the molecule is COc1ccc(NC(=O)CN2C(=O)NC(C)(CCC(C)C)C2=O)c([N+](=O)[O-])c1. The third kappa shape index (κ3) is 4.56. The Bertz CT molecular complexity index is 809. The molecule has 1 heterocycles. The van der Waals surface area contributed by atoms with Crippen molar-refractivity contribution >= 4 is 29.2 Å². The molecule has 2 N–H and O–H groups in total. The van der Waals surface area contributed by atoms with E-state index >= 15 is 0 Å². The van der Waals surface area contributed by atoms with E-state index < -0.39 is 34.9 Å². The molecule has 0 aliphatic carbocycles. The summed E-state index contributed by atoms with van der Waals surface area (Å²) in [7, 11) is 1.37. The second kappa shape index (κ2) is 8.24. The lowest BCUT2D eigenvalue weighted by atomic mass is 9.92. The van der Waals surface area contributed by atoms with Crippen molar-refractivity contribution in [3.63, 3.8) is 0 Å². The molecular weight excluding hydrogens is 368 g/mol. The van der Waals surface area contributed by atoms with Gasteiger partial charge in [0.05, 0.1) is 18.1 Å². The molecule has 1 atom stereocenters. The lowest BCUT2D eigenvalue weighted by Gasteiger charge is -2.22. The Morgan fingerprint density at radius 1 is 1.39 bits per heavy atom. The van der Waals surface area contributed by atoms with Crippen molar-refractivity contribution in [1.82, 2.24) is 10.2 Å². The lowest BCUT2D eigenvalue weighted by Crippen LogP contribution is -2.44. The van der Waals surface area contributed by atoms with Crippen molar-refractivity contribution < 1.29 is 24.0 Å². The van der Waals surface area contributed by atoms with Gasteiger partial charge in [0, 0.05) is 0 Å². The number of nitrogens with one attached hydrogen (secondary N) is 2. The Hall–Kier alpha value is -3.17. The molecule has 1 aromatic carbocycles. The molecule has 4 amide bonds. The number of amides is 4. The molecule has 1 saturated heterocycles. The first kappa shape index (κ1) is 21.1. The molecule has 10 nitrogen and oxygen atoms in total. The molecule has 28 heavy (non-hydrogen) atoms. The quantitative estimate of drug-likeness (QED) is 0.396. The molecule has 0 radical (unpaired) electrons. The molecule has 1 unspecified atom stereocenters. The molecule has 1 aliphatic heterocycles. The molecule has 2 rings (SSSR count). The van der Waals surface area contributed by atoms with Gasteiger partial charge in [-0.05, 0) is 37.8 Å². The first-order valence-electron chi connectivity index (χ1n) is 8.84. The van der Waals surface area contributed by atoms with Crippen LogP contribution in [-0.4, -0.2) is 46.9 Å². The number of nitro groups is 1. The van der Waals surface area contributed by atoms with Crippen molar-refractivity contribution in [3.8, 4) is 5.75 Å². The summed E-state index contributed by atoms with van der Waals surface area (Å²) in [6, 6.07) is 3.30. The molecule has 152 valence electrons. The smallest absolute Gasteiger partial charge is 0.325 e.